The Kier molecular flexibility index (Phi) is 9.14. The van der Waals surface area contributed by atoms with Gasteiger partial charge < -0.3 is 10.6 Å². The molecule has 1 aromatic rings. The molecule has 0 spiro atoms. The number of guanidine groups is 1. The lowest BCUT2D eigenvalue weighted by Crippen LogP contribution is -2.49. The van der Waals surface area contributed by atoms with E-state index in [1.54, 1.807) is 7.05 Å². The molecule has 1 aliphatic rings. The van der Waals surface area contributed by atoms with Gasteiger partial charge in [-0.3, -0.25) is 14.9 Å². The lowest BCUT2D eigenvalue weighted by atomic mass is 10.1. The molecule has 28 heavy (non-hydrogen) atoms. The number of aromatic nitrogens is 1. The highest BCUT2D eigenvalue weighted by molar-refractivity contribution is 7.89. The highest BCUT2D eigenvalue weighted by Gasteiger charge is 2.21. The lowest BCUT2D eigenvalue weighted by molar-refractivity contribution is 0.196. The Morgan fingerprint density at radius 2 is 2.00 bits per heavy atom. The summed E-state index contributed by atoms with van der Waals surface area (Å²) >= 11 is 0. The molecule has 1 fully saturated rings. The quantitative estimate of drug-likeness (QED) is 0.464. The molecule has 9 heteroatoms. The van der Waals surface area contributed by atoms with Crippen molar-refractivity contribution >= 4 is 16.0 Å². The number of nitrogens with one attached hydrogen (secondary N) is 2. The summed E-state index contributed by atoms with van der Waals surface area (Å²) in [5.74, 6) is 0.732. The molecule has 0 unspecified atom stereocenters. The molecule has 0 atom stereocenters. The molecule has 2 heterocycles. The summed E-state index contributed by atoms with van der Waals surface area (Å²) in [4.78, 5) is 11.0. The van der Waals surface area contributed by atoms with Crippen molar-refractivity contribution in [1.82, 2.24) is 24.8 Å². The van der Waals surface area contributed by atoms with Crippen LogP contribution in [0.5, 0.6) is 0 Å². The molecule has 158 valence electrons. The number of pyridine rings is 1. The van der Waals surface area contributed by atoms with Crippen LogP contribution in [-0.4, -0.2) is 80.1 Å². The van der Waals surface area contributed by atoms with Crippen LogP contribution in [0, 0.1) is 0 Å². The van der Waals surface area contributed by atoms with Crippen LogP contribution in [-0.2, 0) is 16.6 Å². The number of aliphatic imine (C=N–C) groups is 1. The Hall–Kier alpha value is -1.71. The van der Waals surface area contributed by atoms with E-state index in [1.807, 2.05) is 32.2 Å². The second-order valence-electron chi connectivity index (χ2n) is 6.92. The van der Waals surface area contributed by atoms with Gasteiger partial charge in [0, 0.05) is 58.6 Å². The minimum Gasteiger partial charge on any atom is -0.355 e. The maximum absolute atomic E-state index is 12.3. The smallest absolute Gasteiger partial charge is 0.215 e. The number of hydrogen-bond donors (Lipinski definition) is 2. The van der Waals surface area contributed by atoms with Crippen molar-refractivity contribution in [3.63, 3.8) is 0 Å². The monoisotopic (exact) mass is 410 g/mol. The maximum atomic E-state index is 12.3. The van der Waals surface area contributed by atoms with Crippen LogP contribution in [0.1, 0.15) is 32.4 Å². The first-order valence-corrected chi connectivity index (χ1v) is 11.7. The molecule has 2 N–H and O–H groups in total. The van der Waals surface area contributed by atoms with E-state index < -0.39 is 10.0 Å². The van der Waals surface area contributed by atoms with Crippen LogP contribution in [0.25, 0.3) is 0 Å². The normalized spacial score (nSPS) is 17.1. The predicted octanol–water partition coefficient (Wildman–Crippen LogP) is 0.883. The fraction of sp³-hybridized carbons (Fsp3) is 0.684. The van der Waals surface area contributed by atoms with Gasteiger partial charge in [0.15, 0.2) is 5.96 Å². The van der Waals surface area contributed by atoms with Gasteiger partial charge in [-0.1, -0.05) is 19.9 Å². The zero-order chi connectivity index (χ0) is 20.4. The molecule has 0 bridgehead atoms. The van der Waals surface area contributed by atoms with E-state index >= 15 is 0 Å². The summed E-state index contributed by atoms with van der Waals surface area (Å²) in [6, 6.07) is 6.35. The second-order valence-corrected chi connectivity index (χ2v) is 9.00. The van der Waals surface area contributed by atoms with Crippen LogP contribution < -0.4 is 10.6 Å². The Balaban J connectivity index is 1.72. The number of hydrogen-bond acceptors (Lipinski definition) is 5. The molecule has 0 aliphatic carbocycles. The van der Waals surface area contributed by atoms with Gasteiger partial charge >= 0.3 is 0 Å². The van der Waals surface area contributed by atoms with Gasteiger partial charge in [-0.25, -0.2) is 12.7 Å². The molecule has 1 aliphatic heterocycles. The molecular weight excluding hydrogens is 376 g/mol. The Morgan fingerprint density at radius 3 is 2.57 bits per heavy atom. The van der Waals surface area contributed by atoms with Crippen molar-refractivity contribution in [2.45, 2.75) is 39.3 Å². The van der Waals surface area contributed by atoms with E-state index in [9.17, 15) is 8.42 Å². The largest absolute Gasteiger partial charge is 0.355 e. The highest BCUT2D eigenvalue weighted by Crippen LogP contribution is 2.12. The van der Waals surface area contributed by atoms with Gasteiger partial charge in [0.1, 0.15) is 0 Å². The molecule has 2 rings (SSSR count). The van der Waals surface area contributed by atoms with E-state index in [4.69, 9.17) is 0 Å². The first-order chi connectivity index (χ1) is 13.5. The first kappa shape index (κ1) is 22.6. The Bertz CT molecular complexity index is 698. The van der Waals surface area contributed by atoms with Gasteiger partial charge in [-0.2, -0.15) is 0 Å². The standard InChI is InChI=1S/C19H34N6O2S/c1-4-25(5-2)28(26,27)15-12-22-19(20-3)23-17-9-13-24(14-10-17)16-18-8-6-7-11-21-18/h6-8,11,17H,4-5,9-10,12-16H2,1-3H3,(H2,20,22,23). The van der Waals surface area contributed by atoms with E-state index in [0.29, 0.717) is 31.6 Å². The predicted molar refractivity (Wildman–Crippen MR) is 114 cm³/mol. The number of likely N-dealkylation sites (tertiary alicyclic amines) is 1. The summed E-state index contributed by atoms with van der Waals surface area (Å²) in [5, 5.41) is 6.56. The third-order valence-electron chi connectivity index (χ3n) is 5.02. The fourth-order valence-electron chi connectivity index (χ4n) is 3.39. The Labute approximate surface area is 169 Å². The average Bonchev–Trinajstić information content (AvgIpc) is 2.70. The van der Waals surface area contributed by atoms with Gasteiger partial charge in [0.25, 0.3) is 0 Å². The summed E-state index contributed by atoms with van der Waals surface area (Å²) in [5.41, 5.74) is 1.10. The van der Waals surface area contributed by atoms with Gasteiger partial charge in [0.05, 0.1) is 11.4 Å². The number of piperidine rings is 1. The SMILES string of the molecule is CCN(CC)S(=O)(=O)CCNC(=NC)NC1CCN(Cc2ccccn2)CC1. The van der Waals surface area contributed by atoms with Crippen LogP contribution in [0.15, 0.2) is 29.4 Å². The molecule has 8 nitrogen and oxygen atoms in total. The third-order valence-corrected chi connectivity index (χ3v) is 7.04. The third kappa shape index (κ3) is 7.03. The lowest BCUT2D eigenvalue weighted by Gasteiger charge is -2.32. The minimum atomic E-state index is -3.22. The zero-order valence-corrected chi connectivity index (χ0v) is 18.1. The molecule has 0 aromatic carbocycles. The number of rotatable bonds is 9. The molecule has 1 saturated heterocycles. The number of sulfonamides is 1. The summed E-state index contributed by atoms with van der Waals surface area (Å²) < 4.78 is 26.0. The Morgan fingerprint density at radius 1 is 1.29 bits per heavy atom. The molecule has 0 amide bonds. The molecule has 0 radical (unpaired) electrons. The summed E-state index contributed by atoms with van der Waals surface area (Å²) in [7, 11) is -1.51. The number of nitrogens with zero attached hydrogens (tertiary/aromatic N) is 4. The van der Waals surface area contributed by atoms with Gasteiger partial charge in [0.2, 0.25) is 10.0 Å². The van der Waals surface area contributed by atoms with Crippen molar-refractivity contribution in [3.05, 3.63) is 30.1 Å². The van der Waals surface area contributed by atoms with Crippen molar-refractivity contribution in [2.24, 2.45) is 4.99 Å². The van der Waals surface area contributed by atoms with E-state index in [2.05, 4.69) is 31.6 Å². The van der Waals surface area contributed by atoms with E-state index in [1.165, 1.54) is 4.31 Å². The van der Waals surface area contributed by atoms with Crippen LogP contribution in [0.3, 0.4) is 0 Å². The van der Waals surface area contributed by atoms with E-state index in [0.717, 1.165) is 38.2 Å². The average molecular weight is 411 g/mol. The van der Waals surface area contributed by atoms with Crippen LogP contribution >= 0.6 is 0 Å². The van der Waals surface area contributed by atoms with Crippen molar-refractivity contribution in [2.75, 3.05) is 45.5 Å². The van der Waals surface area contributed by atoms with Crippen molar-refractivity contribution in [3.8, 4) is 0 Å². The van der Waals surface area contributed by atoms with Crippen LogP contribution in [0.2, 0.25) is 0 Å². The zero-order valence-electron chi connectivity index (χ0n) is 17.3. The molecule has 0 saturated carbocycles. The first-order valence-electron chi connectivity index (χ1n) is 10.1. The van der Waals surface area contributed by atoms with Gasteiger partial charge in [-0.05, 0) is 25.0 Å². The van der Waals surface area contributed by atoms with Crippen molar-refractivity contribution < 1.29 is 8.42 Å². The van der Waals surface area contributed by atoms with E-state index in [-0.39, 0.29) is 5.75 Å². The topological polar surface area (TPSA) is 89.9 Å². The van der Waals surface area contributed by atoms with Crippen LogP contribution in [0.4, 0.5) is 0 Å². The fourth-order valence-corrected chi connectivity index (χ4v) is 4.79. The summed E-state index contributed by atoms with van der Waals surface area (Å²) in [6.07, 6.45) is 3.87. The summed E-state index contributed by atoms with van der Waals surface area (Å²) in [6.45, 7) is 7.94. The maximum Gasteiger partial charge on any atom is 0.215 e. The highest BCUT2D eigenvalue weighted by atomic mass is 32.2. The second kappa shape index (κ2) is 11.3. The van der Waals surface area contributed by atoms with Gasteiger partial charge in [-0.15, -0.1) is 0 Å². The molecular formula is C19H34N6O2S. The molecule has 1 aromatic heterocycles. The van der Waals surface area contributed by atoms with Crippen molar-refractivity contribution in [1.29, 1.82) is 0 Å². The minimum absolute atomic E-state index is 0.0674.